The molecule has 0 aromatic heterocycles. The van der Waals surface area contributed by atoms with Gasteiger partial charge in [0.2, 0.25) is 0 Å². The summed E-state index contributed by atoms with van der Waals surface area (Å²) >= 11 is 1.39. The fourth-order valence-corrected chi connectivity index (χ4v) is 3.27. The van der Waals surface area contributed by atoms with E-state index in [-0.39, 0.29) is 5.84 Å². The molecule has 2 aromatic rings. The van der Waals surface area contributed by atoms with Crippen molar-refractivity contribution in [2.45, 2.75) is 13.3 Å². The Kier molecular flexibility index (Phi) is 6.93. The van der Waals surface area contributed by atoms with Crippen molar-refractivity contribution in [3.63, 3.8) is 0 Å². The standard InChI is InChI=1S/C18H20FN3OS/c1-3-14-8-9-17(16-7-5-4-6-15(14)16)22(13-24-11-10-23)18(12-19)21-20-2/h4-10H,2-3,11-13H2,1H3/b21-18-. The Morgan fingerprint density at radius 2 is 2.04 bits per heavy atom. The minimum atomic E-state index is -0.759. The van der Waals surface area contributed by atoms with Crippen LogP contribution in [-0.2, 0) is 11.2 Å². The number of amidine groups is 1. The lowest BCUT2D eigenvalue weighted by Crippen LogP contribution is -2.32. The number of carbonyl (C=O) groups excluding carboxylic acids is 1. The molecule has 2 rings (SSSR count). The molecule has 0 saturated heterocycles. The van der Waals surface area contributed by atoms with E-state index in [0.29, 0.717) is 11.6 Å². The summed E-state index contributed by atoms with van der Waals surface area (Å²) < 4.78 is 13.5. The molecule has 0 atom stereocenters. The quantitative estimate of drug-likeness (QED) is 0.181. The van der Waals surface area contributed by atoms with E-state index in [4.69, 9.17) is 0 Å². The number of alkyl halides is 1. The highest BCUT2D eigenvalue weighted by atomic mass is 32.2. The molecule has 0 radical (unpaired) electrons. The zero-order valence-corrected chi connectivity index (χ0v) is 14.4. The Balaban J connectivity index is 2.56. The third kappa shape index (κ3) is 4.00. The molecule has 6 heteroatoms. The molecule has 0 N–H and O–H groups in total. The molecule has 0 aliphatic rings. The lowest BCUT2D eigenvalue weighted by Gasteiger charge is -2.25. The number of aldehydes is 1. The van der Waals surface area contributed by atoms with E-state index in [1.807, 2.05) is 30.3 Å². The van der Waals surface area contributed by atoms with Crippen LogP contribution >= 0.6 is 11.8 Å². The molecule has 2 aromatic carbocycles. The Hall–Kier alpha value is -2.21. The first-order chi connectivity index (χ1) is 11.8. The average Bonchev–Trinajstić information content (AvgIpc) is 2.63. The molecule has 0 amide bonds. The van der Waals surface area contributed by atoms with Gasteiger partial charge in [0.1, 0.15) is 13.0 Å². The Bertz CT molecular complexity index is 748. The number of fused-ring (bicyclic) bond motifs is 1. The van der Waals surface area contributed by atoms with Crippen LogP contribution in [0.25, 0.3) is 10.8 Å². The van der Waals surface area contributed by atoms with Crippen molar-refractivity contribution in [1.29, 1.82) is 0 Å². The lowest BCUT2D eigenvalue weighted by atomic mass is 10.0. The van der Waals surface area contributed by atoms with Gasteiger partial charge in [0, 0.05) is 12.1 Å². The van der Waals surface area contributed by atoms with Crippen LogP contribution in [-0.4, -0.2) is 37.1 Å². The molecule has 0 unspecified atom stereocenters. The van der Waals surface area contributed by atoms with Crippen molar-refractivity contribution in [3.05, 3.63) is 42.0 Å². The van der Waals surface area contributed by atoms with Gasteiger partial charge in [0.15, 0.2) is 5.84 Å². The van der Waals surface area contributed by atoms with E-state index in [9.17, 15) is 9.18 Å². The molecular weight excluding hydrogens is 325 g/mol. The lowest BCUT2D eigenvalue weighted by molar-refractivity contribution is -0.105. The van der Waals surface area contributed by atoms with Gasteiger partial charge < -0.3 is 9.69 Å². The van der Waals surface area contributed by atoms with Gasteiger partial charge in [-0.15, -0.1) is 16.9 Å². The third-order valence-electron chi connectivity index (χ3n) is 3.69. The second-order valence-corrected chi connectivity index (χ2v) is 6.03. The van der Waals surface area contributed by atoms with E-state index >= 15 is 0 Å². The largest absolute Gasteiger partial charge is 0.316 e. The number of carbonyl (C=O) groups is 1. The van der Waals surface area contributed by atoms with Crippen LogP contribution < -0.4 is 4.90 Å². The van der Waals surface area contributed by atoms with Crippen LogP contribution in [0.2, 0.25) is 0 Å². The molecule has 0 fully saturated rings. The van der Waals surface area contributed by atoms with Crippen LogP contribution in [0.15, 0.2) is 46.6 Å². The minimum absolute atomic E-state index is 0.179. The first-order valence-corrected chi connectivity index (χ1v) is 8.80. The van der Waals surface area contributed by atoms with Crippen LogP contribution in [0, 0.1) is 0 Å². The number of thioether (sulfide) groups is 1. The Morgan fingerprint density at radius 1 is 1.29 bits per heavy atom. The maximum atomic E-state index is 13.5. The molecule has 0 saturated carbocycles. The first kappa shape index (κ1) is 18.1. The van der Waals surface area contributed by atoms with Gasteiger partial charge in [0.25, 0.3) is 0 Å². The molecule has 0 spiro atoms. The van der Waals surface area contributed by atoms with E-state index in [0.717, 1.165) is 29.2 Å². The van der Waals surface area contributed by atoms with Crippen LogP contribution in [0.4, 0.5) is 10.1 Å². The van der Waals surface area contributed by atoms with E-state index in [1.165, 1.54) is 17.3 Å². The first-order valence-electron chi connectivity index (χ1n) is 7.64. The molecule has 0 heterocycles. The SMILES string of the molecule is C=N/N=C(/CF)N(CSCC=O)c1ccc(CC)c2ccccc12. The van der Waals surface area contributed by atoms with Gasteiger partial charge in [-0.2, -0.15) is 5.10 Å². The summed E-state index contributed by atoms with van der Waals surface area (Å²) in [5.74, 6) is 0.924. The second-order valence-electron chi connectivity index (χ2n) is 5.03. The minimum Gasteiger partial charge on any atom is -0.316 e. The van der Waals surface area contributed by atoms with Gasteiger partial charge in [-0.3, -0.25) is 0 Å². The molecule has 0 aliphatic carbocycles. The van der Waals surface area contributed by atoms with Crippen LogP contribution in [0.1, 0.15) is 12.5 Å². The smallest absolute Gasteiger partial charge is 0.164 e. The summed E-state index contributed by atoms with van der Waals surface area (Å²) in [6.45, 7) is 4.66. The van der Waals surface area contributed by atoms with Gasteiger partial charge in [0.05, 0.1) is 17.3 Å². The van der Waals surface area contributed by atoms with E-state index in [1.54, 1.807) is 4.90 Å². The van der Waals surface area contributed by atoms with E-state index in [2.05, 4.69) is 29.9 Å². The number of nitrogens with zero attached hydrogens (tertiary/aromatic N) is 3. The third-order valence-corrected chi connectivity index (χ3v) is 4.50. The predicted octanol–water partition coefficient (Wildman–Crippen LogP) is 4.08. The fourth-order valence-electron chi connectivity index (χ4n) is 2.60. The molecule has 126 valence electrons. The summed E-state index contributed by atoms with van der Waals surface area (Å²) in [6, 6.07) is 12.0. The number of hydrogen-bond donors (Lipinski definition) is 0. The summed E-state index contributed by atoms with van der Waals surface area (Å²) in [5, 5.41) is 9.45. The zero-order valence-electron chi connectivity index (χ0n) is 13.6. The number of anilines is 1. The Morgan fingerprint density at radius 3 is 2.67 bits per heavy atom. The van der Waals surface area contributed by atoms with Crippen LogP contribution in [0.3, 0.4) is 0 Å². The van der Waals surface area contributed by atoms with Crippen molar-refractivity contribution in [3.8, 4) is 0 Å². The average molecular weight is 345 g/mol. The van der Waals surface area contributed by atoms with Gasteiger partial charge >= 0.3 is 0 Å². The number of benzene rings is 2. The van der Waals surface area contributed by atoms with Crippen molar-refractivity contribution in [2.24, 2.45) is 10.2 Å². The molecular formula is C18H20FN3OS. The molecule has 0 bridgehead atoms. The van der Waals surface area contributed by atoms with Crippen molar-refractivity contribution < 1.29 is 9.18 Å². The van der Waals surface area contributed by atoms with Crippen molar-refractivity contribution >= 4 is 47.1 Å². The van der Waals surface area contributed by atoms with Crippen molar-refractivity contribution in [1.82, 2.24) is 0 Å². The predicted molar refractivity (Wildman–Crippen MR) is 102 cm³/mol. The fraction of sp³-hybridized carbons (Fsp3) is 0.278. The molecule has 0 aliphatic heterocycles. The number of hydrogen-bond acceptors (Lipinski definition) is 4. The molecule has 4 nitrogen and oxygen atoms in total. The van der Waals surface area contributed by atoms with Gasteiger partial charge in [-0.25, -0.2) is 4.39 Å². The summed E-state index contributed by atoms with van der Waals surface area (Å²) in [5.41, 5.74) is 2.08. The number of aryl methyl sites for hydroxylation is 1. The van der Waals surface area contributed by atoms with E-state index < -0.39 is 6.67 Å². The number of rotatable bonds is 8. The van der Waals surface area contributed by atoms with Crippen molar-refractivity contribution in [2.75, 3.05) is 23.2 Å². The van der Waals surface area contributed by atoms with Crippen LogP contribution in [0.5, 0.6) is 0 Å². The topological polar surface area (TPSA) is 45.0 Å². The highest BCUT2D eigenvalue weighted by molar-refractivity contribution is 7.99. The van der Waals surface area contributed by atoms with Gasteiger partial charge in [-0.1, -0.05) is 37.3 Å². The summed E-state index contributed by atoms with van der Waals surface area (Å²) in [6.07, 6.45) is 1.75. The maximum Gasteiger partial charge on any atom is 0.164 e. The van der Waals surface area contributed by atoms with Gasteiger partial charge in [-0.05, 0) is 23.4 Å². The maximum absolute atomic E-state index is 13.5. The highest BCUT2D eigenvalue weighted by Gasteiger charge is 2.17. The molecule has 24 heavy (non-hydrogen) atoms. The highest BCUT2D eigenvalue weighted by Crippen LogP contribution is 2.31. The second kappa shape index (κ2) is 9.17. The number of halogens is 1. The zero-order chi connectivity index (χ0) is 17.4. The Labute approximate surface area is 145 Å². The monoisotopic (exact) mass is 345 g/mol. The normalized spacial score (nSPS) is 11.5. The summed E-state index contributed by atoms with van der Waals surface area (Å²) in [7, 11) is 0. The summed E-state index contributed by atoms with van der Waals surface area (Å²) in [4.78, 5) is 12.4.